The zero-order valence-corrected chi connectivity index (χ0v) is 15.4. The third-order valence-electron chi connectivity index (χ3n) is 5.07. The zero-order chi connectivity index (χ0) is 17.6. The van der Waals surface area contributed by atoms with Gasteiger partial charge >= 0.3 is 5.97 Å². The molecule has 1 aliphatic carbocycles. The van der Waals surface area contributed by atoms with E-state index in [1.807, 2.05) is 12.1 Å². The first kappa shape index (κ1) is 17.7. The van der Waals surface area contributed by atoms with E-state index >= 15 is 0 Å². The molecular formula is C23H28O2. The van der Waals surface area contributed by atoms with Gasteiger partial charge in [-0.15, -0.1) is 0 Å². The van der Waals surface area contributed by atoms with Crippen molar-refractivity contribution in [2.75, 3.05) is 0 Å². The predicted molar refractivity (Wildman–Crippen MR) is 105 cm³/mol. The molecule has 2 heteroatoms. The maximum Gasteiger partial charge on any atom is 0.311 e. The number of rotatable bonds is 6. The van der Waals surface area contributed by atoms with Crippen LogP contribution in [-0.2, 0) is 4.79 Å². The van der Waals surface area contributed by atoms with Gasteiger partial charge in [-0.25, -0.2) is 0 Å². The number of esters is 1. The SMILES string of the molecule is CCCCCC(=O)Oc1ccc2cc(C3=CCC(C)CC3)ccc2c1. The molecule has 0 saturated heterocycles. The molecule has 0 radical (unpaired) electrons. The molecule has 132 valence electrons. The Hall–Kier alpha value is -2.09. The Balaban J connectivity index is 1.71. The molecule has 1 aliphatic rings. The predicted octanol–water partition coefficient (Wildman–Crippen LogP) is 6.53. The number of allylic oxidation sites excluding steroid dienone is 2. The van der Waals surface area contributed by atoms with E-state index < -0.39 is 0 Å². The zero-order valence-electron chi connectivity index (χ0n) is 15.4. The second-order valence-corrected chi connectivity index (χ2v) is 7.26. The minimum absolute atomic E-state index is 0.133. The maximum absolute atomic E-state index is 11.9. The van der Waals surface area contributed by atoms with Gasteiger partial charge in [0.25, 0.3) is 0 Å². The molecule has 25 heavy (non-hydrogen) atoms. The molecule has 0 N–H and O–H groups in total. The van der Waals surface area contributed by atoms with Crippen molar-refractivity contribution in [2.24, 2.45) is 5.92 Å². The lowest BCUT2D eigenvalue weighted by molar-refractivity contribution is -0.134. The van der Waals surface area contributed by atoms with E-state index in [4.69, 9.17) is 4.74 Å². The molecular weight excluding hydrogens is 308 g/mol. The Bertz CT molecular complexity index is 773. The summed E-state index contributed by atoms with van der Waals surface area (Å²) in [5.41, 5.74) is 2.79. The molecule has 0 amide bonds. The van der Waals surface area contributed by atoms with Crippen molar-refractivity contribution < 1.29 is 9.53 Å². The van der Waals surface area contributed by atoms with E-state index in [2.05, 4.69) is 44.2 Å². The first-order valence-corrected chi connectivity index (χ1v) is 9.59. The summed E-state index contributed by atoms with van der Waals surface area (Å²) in [4.78, 5) is 11.9. The second kappa shape index (κ2) is 8.33. The Labute approximate surface area is 150 Å². The maximum atomic E-state index is 11.9. The highest BCUT2D eigenvalue weighted by Crippen LogP contribution is 2.32. The molecule has 2 aromatic rings. The first-order valence-electron chi connectivity index (χ1n) is 9.59. The Kier molecular flexibility index (Phi) is 5.91. The Morgan fingerprint density at radius 2 is 1.92 bits per heavy atom. The van der Waals surface area contributed by atoms with Gasteiger partial charge in [0.05, 0.1) is 0 Å². The van der Waals surface area contributed by atoms with Gasteiger partial charge in [0.1, 0.15) is 5.75 Å². The van der Waals surface area contributed by atoms with E-state index in [1.54, 1.807) is 0 Å². The van der Waals surface area contributed by atoms with Crippen LogP contribution in [0.5, 0.6) is 5.75 Å². The van der Waals surface area contributed by atoms with Crippen molar-refractivity contribution in [3.05, 3.63) is 48.0 Å². The highest BCUT2D eigenvalue weighted by atomic mass is 16.5. The molecule has 0 aromatic heterocycles. The minimum atomic E-state index is -0.133. The van der Waals surface area contributed by atoms with Gasteiger partial charge in [-0.2, -0.15) is 0 Å². The molecule has 1 unspecified atom stereocenters. The van der Waals surface area contributed by atoms with E-state index in [9.17, 15) is 4.79 Å². The molecule has 2 aromatic carbocycles. The van der Waals surface area contributed by atoms with Crippen LogP contribution >= 0.6 is 0 Å². The molecule has 1 atom stereocenters. The first-order chi connectivity index (χ1) is 12.2. The lowest BCUT2D eigenvalue weighted by atomic mass is 9.87. The molecule has 0 saturated carbocycles. The fraction of sp³-hybridized carbons (Fsp3) is 0.435. The van der Waals surface area contributed by atoms with Crippen molar-refractivity contribution in [3.8, 4) is 5.75 Å². The lowest BCUT2D eigenvalue weighted by Gasteiger charge is -2.18. The van der Waals surface area contributed by atoms with Crippen LogP contribution < -0.4 is 4.74 Å². The van der Waals surface area contributed by atoms with Crippen molar-refractivity contribution in [1.29, 1.82) is 0 Å². The van der Waals surface area contributed by atoms with Crippen molar-refractivity contribution in [3.63, 3.8) is 0 Å². The molecule has 0 aliphatic heterocycles. The van der Waals surface area contributed by atoms with Crippen molar-refractivity contribution in [2.45, 2.75) is 58.8 Å². The third-order valence-corrected chi connectivity index (χ3v) is 5.07. The number of benzene rings is 2. The van der Waals surface area contributed by atoms with Crippen molar-refractivity contribution >= 4 is 22.3 Å². The summed E-state index contributed by atoms with van der Waals surface area (Å²) in [6.07, 6.45) is 9.60. The smallest absolute Gasteiger partial charge is 0.311 e. The van der Waals surface area contributed by atoms with Crippen LogP contribution in [0, 0.1) is 5.92 Å². The van der Waals surface area contributed by atoms with Gasteiger partial charge in [-0.05, 0) is 71.7 Å². The van der Waals surface area contributed by atoms with Gasteiger partial charge in [-0.3, -0.25) is 4.79 Å². The molecule has 3 rings (SSSR count). The number of carbonyl (C=O) groups is 1. The number of fused-ring (bicyclic) bond motifs is 1. The Morgan fingerprint density at radius 3 is 2.68 bits per heavy atom. The number of hydrogen-bond donors (Lipinski definition) is 0. The minimum Gasteiger partial charge on any atom is -0.427 e. The number of carbonyl (C=O) groups excluding carboxylic acids is 1. The fourth-order valence-electron chi connectivity index (χ4n) is 3.42. The second-order valence-electron chi connectivity index (χ2n) is 7.26. The van der Waals surface area contributed by atoms with Crippen LogP contribution in [0.15, 0.2) is 42.5 Å². The van der Waals surface area contributed by atoms with Gasteiger partial charge < -0.3 is 4.74 Å². The molecule has 0 fully saturated rings. The average molecular weight is 336 g/mol. The van der Waals surface area contributed by atoms with Gasteiger partial charge in [0.2, 0.25) is 0 Å². The van der Waals surface area contributed by atoms with Gasteiger partial charge in [-0.1, -0.05) is 51.0 Å². The molecule has 0 bridgehead atoms. The summed E-state index contributed by atoms with van der Waals surface area (Å²) in [5.74, 6) is 1.32. The standard InChI is InChI=1S/C23H28O2/c1-3-4-5-6-23(24)25-22-14-13-20-15-19(11-12-21(20)16-22)18-9-7-17(2)8-10-18/h9,11-17H,3-8,10H2,1-2H3. The van der Waals surface area contributed by atoms with Crippen LogP contribution in [0.4, 0.5) is 0 Å². The van der Waals surface area contributed by atoms with Crippen LogP contribution in [0.2, 0.25) is 0 Å². The summed E-state index contributed by atoms with van der Waals surface area (Å²) in [6.45, 7) is 4.45. The van der Waals surface area contributed by atoms with E-state index in [0.29, 0.717) is 12.2 Å². The summed E-state index contributed by atoms with van der Waals surface area (Å²) in [7, 11) is 0. The van der Waals surface area contributed by atoms with Crippen LogP contribution in [0.3, 0.4) is 0 Å². The summed E-state index contributed by atoms with van der Waals surface area (Å²) in [5, 5.41) is 2.31. The third kappa shape index (κ3) is 4.72. The van der Waals surface area contributed by atoms with Crippen LogP contribution in [0.1, 0.15) is 64.4 Å². The quantitative estimate of drug-likeness (QED) is 0.340. The van der Waals surface area contributed by atoms with E-state index in [1.165, 1.54) is 35.8 Å². The van der Waals surface area contributed by atoms with E-state index in [-0.39, 0.29) is 5.97 Å². The summed E-state index contributed by atoms with van der Waals surface area (Å²) < 4.78 is 5.48. The van der Waals surface area contributed by atoms with Crippen LogP contribution in [0.25, 0.3) is 16.3 Å². The lowest BCUT2D eigenvalue weighted by Crippen LogP contribution is -2.07. The normalized spacial score (nSPS) is 17.4. The topological polar surface area (TPSA) is 26.3 Å². The van der Waals surface area contributed by atoms with Crippen LogP contribution in [-0.4, -0.2) is 5.97 Å². The van der Waals surface area contributed by atoms with Crippen molar-refractivity contribution in [1.82, 2.24) is 0 Å². The molecule has 0 heterocycles. The number of unbranched alkanes of at least 4 members (excludes halogenated alkanes) is 2. The number of ether oxygens (including phenoxy) is 1. The fourth-order valence-corrected chi connectivity index (χ4v) is 3.42. The highest BCUT2D eigenvalue weighted by Gasteiger charge is 2.12. The highest BCUT2D eigenvalue weighted by molar-refractivity contribution is 5.88. The average Bonchev–Trinajstić information content (AvgIpc) is 2.62. The Morgan fingerprint density at radius 1 is 1.12 bits per heavy atom. The number of hydrogen-bond acceptors (Lipinski definition) is 2. The summed E-state index contributed by atoms with van der Waals surface area (Å²) in [6, 6.07) is 12.5. The monoisotopic (exact) mass is 336 g/mol. The summed E-state index contributed by atoms with van der Waals surface area (Å²) >= 11 is 0. The van der Waals surface area contributed by atoms with Gasteiger partial charge in [0, 0.05) is 6.42 Å². The van der Waals surface area contributed by atoms with E-state index in [0.717, 1.165) is 30.6 Å². The molecule has 2 nitrogen and oxygen atoms in total. The van der Waals surface area contributed by atoms with Gasteiger partial charge in [0.15, 0.2) is 0 Å². The molecule has 0 spiro atoms. The largest absolute Gasteiger partial charge is 0.427 e.